The molecule has 1 aliphatic heterocycles. The summed E-state index contributed by atoms with van der Waals surface area (Å²) in [4.78, 5) is 12.1. The number of rotatable bonds is 5. The van der Waals surface area contributed by atoms with E-state index < -0.39 is 0 Å². The second kappa shape index (κ2) is 10.0. The summed E-state index contributed by atoms with van der Waals surface area (Å²) in [6.45, 7) is 4.72. The molecule has 0 unspecified atom stereocenters. The molecule has 0 spiro atoms. The van der Waals surface area contributed by atoms with E-state index >= 15 is 0 Å². The topological polar surface area (TPSA) is 38.3 Å². The number of benzene rings is 2. The Morgan fingerprint density at radius 1 is 1.19 bits per heavy atom. The van der Waals surface area contributed by atoms with Crippen LogP contribution in [0.2, 0.25) is 0 Å². The van der Waals surface area contributed by atoms with E-state index in [1.165, 1.54) is 5.56 Å². The Kier molecular flexibility index (Phi) is 8.05. The largest absolute Gasteiger partial charge is 1.00 e. The highest BCUT2D eigenvalue weighted by atomic mass is 79.9. The van der Waals surface area contributed by atoms with Crippen LogP contribution in [0.1, 0.15) is 11.1 Å². The molecule has 1 N–H and O–H groups in total. The Labute approximate surface area is 175 Å². The molecule has 4 nitrogen and oxygen atoms in total. The predicted octanol–water partition coefficient (Wildman–Crippen LogP) is 1.08. The number of carbonyl (C=O) groups excluding carboxylic acids is 1. The van der Waals surface area contributed by atoms with Gasteiger partial charge in [0, 0.05) is 21.8 Å². The van der Waals surface area contributed by atoms with Gasteiger partial charge in [-0.05, 0) is 35.9 Å². The van der Waals surface area contributed by atoms with Crippen LogP contribution < -0.4 is 17.7 Å². The van der Waals surface area contributed by atoms with Crippen molar-refractivity contribution in [3.05, 3.63) is 70.2 Å². The van der Waals surface area contributed by atoms with E-state index in [0.717, 1.165) is 53.1 Å². The number of halogens is 2. The van der Waals surface area contributed by atoms with Gasteiger partial charge < -0.3 is 26.9 Å². The first kappa shape index (κ1) is 21.6. The molecule has 0 atom stereocenters. The molecule has 1 amide bonds. The third kappa shape index (κ3) is 6.78. The summed E-state index contributed by atoms with van der Waals surface area (Å²) in [5.74, 6) is -0.134. The average molecular weight is 452 g/mol. The highest BCUT2D eigenvalue weighted by Crippen LogP contribution is 2.17. The van der Waals surface area contributed by atoms with Crippen molar-refractivity contribution >= 4 is 33.6 Å². The van der Waals surface area contributed by atoms with Gasteiger partial charge in [-0.25, -0.2) is 0 Å². The van der Waals surface area contributed by atoms with Crippen molar-refractivity contribution in [3.8, 4) is 0 Å². The van der Waals surface area contributed by atoms with Gasteiger partial charge in [0.1, 0.15) is 19.6 Å². The fourth-order valence-corrected chi connectivity index (χ4v) is 3.46. The Bertz CT molecular complexity index is 787. The van der Waals surface area contributed by atoms with E-state index in [9.17, 15) is 4.79 Å². The van der Waals surface area contributed by atoms with Gasteiger partial charge in [-0.2, -0.15) is 0 Å². The zero-order chi connectivity index (χ0) is 18.4. The summed E-state index contributed by atoms with van der Waals surface area (Å²) in [5.41, 5.74) is 3.06. The third-order valence-corrected chi connectivity index (χ3v) is 5.11. The zero-order valence-corrected chi connectivity index (χ0v) is 17.7. The second-order valence-electron chi connectivity index (χ2n) is 6.91. The molecule has 0 bridgehead atoms. The van der Waals surface area contributed by atoms with Gasteiger partial charge >= 0.3 is 0 Å². The van der Waals surface area contributed by atoms with Gasteiger partial charge in [-0.1, -0.05) is 40.2 Å². The number of nitrogens with zero attached hydrogens (tertiary/aromatic N) is 1. The zero-order valence-electron chi connectivity index (χ0n) is 15.3. The maximum Gasteiger partial charge on any atom is 0.248 e. The lowest BCUT2D eigenvalue weighted by Crippen LogP contribution is -3.00. The van der Waals surface area contributed by atoms with Crippen molar-refractivity contribution in [3.63, 3.8) is 0 Å². The number of hydrogen-bond acceptors (Lipinski definition) is 2. The number of quaternary nitrogens is 1. The van der Waals surface area contributed by atoms with Gasteiger partial charge in [-0.3, -0.25) is 4.79 Å². The highest BCUT2D eigenvalue weighted by molar-refractivity contribution is 9.10. The van der Waals surface area contributed by atoms with Crippen LogP contribution in [0.3, 0.4) is 0 Å². The Balaban J connectivity index is 0.00000261. The van der Waals surface area contributed by atoms with Gasteiger partial charge in [-0.15, -0.1) is 0 Å². The Hall–Kier alpha value is -1.66. The Morgan fingerprint density at radius 2 is 1.89 bits per heavy atom. The minimum Gasteiger partial charge on any atom is -1.00 e. The fourth-order valence-electron chi connectivity index (χ4n) is 3.04. The summed E-state index contributed by atoms with van der Waals surface area (Å²) in [5, 5.41) is 2.90. The Morgan fingerprint density at radius 3 is 2.56 bits per heavy atom. The van der Waals surface area contributed by atoms with Crippen molar-refractivity contribution in [2.75, 3.05) is 38.7 Å². The van der Waals surface area contributed by atoms with Gasteiger partial charge in [0.2, 0.25) is 5.91 Å². The summed E-state index contributed by atoms with van der Waals surface area (Å²) in [7, 11) is 2.27. The number of amides is 1. The predicted molar refractivity (Wildman–Crippen MR) is 109 cm³/mol. The van der Waals surface area contributed by atoms with Crippen molar-refractivity contribution in [2.45, 2.75) is 6.54 Å². The molecule has 0 aliphatic carbocycles. The van der Waals surface area contributed by atoms with E-state index in [1.807, 2.05) is 36.4 Å². The quantitative estimate of drug-likeness (QED) is 0.546. The number of anilines is 1. The second-order valence-corrected chi connectivity index (χ2v) is 7.83. The molecule has 144 valence electrons. The molecule has 2 aromatic carbocycles. The molecular formula is C21H24BrClN2O2. The fraction of sp³-hybridized carbons (Fsp3) is 0.286. The van der Waals surface area contributed by atoms with Gasteiger partial charge in [0.25, 0.3) is 0 Å². The highest BCUT2D eigenvalue weighted by Gasteiger charge is 2.25. The van der Waals surface area contributed by atoms with Crippen LogP contribution in [0, 0.1) is 0 Å². The average Bonchev–Trinajstić information content (AvgIpc) is 2.62. The summed E-state index contributed by atoms with van der Waals surface area (Å²) >= 11 is 3.43. The molecule has 1 aliphatic rings. The number of nitrogens with one attached hydrogen (secondary N) is 1. The summed E-state index contributed by atoms with van der Waals surface area (Å²) in [6.07, 6.45) is 3.35. The van der Waals surface area contributed by atoms with Crippen LogP contribution in [0.25, 0.3) is 6.08 Å². The molecule has 1 saturated heterocycles. The first-order valence-corrected chi connectivity index (χ1v) is 9.57. The van der Waals surface area contributed by atoms with Crippen LogP contribution in [0.15, 0.2) is 59.1 Å². The summed E-state index contributed by atoms with van der Waals surface area (Å²) < 4.78 is 7.45. The molecule has 1 heterocycles. The van der Waals surface area contributed by atoms with Crippen molar-refractivity contribution in [1.82, 2.24) is 0 Å². The van der Waals surface area contributed by atoms with E-state index in [2.05, 4.69) is 40.4 Å². The normalized spacial score (nSPS) is 15.9. The molecule has 27 heavy (non-hydrogen) atoms. The molecule has 0 saturated carbocycles. The van der Waals surface area contributed by atoms with Gasteiger partial charge in [0.05, 0.1) is 20.3 Å². The van der Waals surface area contributed by atoms with Crippen LogP contribution in [0.5, 0.6) is 0 Å². The standard InChI is InChI=1S/C21H23BrN2O2.ClH/c1-24(11-13-26-14-12-24)16-18-5-8-20(9-6-18)23-21(25)10-7-17-3-2-4-19(22)15-17;/h2-10,15H,11-14,16H2,1H3;1H. The van der Waals surface area contributed by atoms with E-state index in [4.69, 9.17) is 4.74 Å². The van der Waals surface area contributed by atoms with Crippen molar-refractivity contribution in [1.29, 1.82) is 0 Å². The van der Waals surface area contributed by atoms with Gasteiger partial charge in [0.15, 0.2) is 0 Å². The van der Waals surface area contributed by atoms with E-state index in [-0.39, 0.29) is 18.3 Å². The number of morpholine rings is 1. The number of ether oxygens (including phenoxy) is 1. The minimum absolute atomic E-state index is 0. The lowest BCUT2D eigenvalue weighted by Gasteiger charge is -2.37. The number of hydrogen-bond donors (Lipinski definition) is 1. The SMILES string of the molecule is C[N+]1(Cc2ccc(NC(=O)C=Cc3cccc(Br)c3)cc2)CCOCC1.[Cl-]. The lowest BCUT2D eigenvalue weighted by atomic mass is 10.1. The van der Waals surface area contributed by atoms with Crippen LogP contribution >= 0.6 is 15.9 Å². The molecular weight excluding hydrogens is 428 g/mol. The van der Waals surface area contributed by atoms with E-state index in [0.29, 0.717) is 0 Å². The van der Waals surface area contributed by atoms with Crippen LogP contribution in [0.4, 0.5) is 5.69 Å². The maximum absolute atomic E-state index is 12.1. The lowest BCUT2D eigenvalue weighted by molar-refractivity contribution is -0.929. The smallest absolute Gasteiger partial charge is 0.248 e. The van der Waals surface area contributed by atoms with E-state index in [1.54, 1.807) is 12.2 Å². The first-order valence-electron chi connectivity index (χ1n) is 8.77. The number of likely N-dealkylation sites (N-methyl/N-ethyl adjacent to an activating group) is 1. The molecule has 0 radical (unpaired) electrons. The molecule has 6 heteroatoms. The molecule has 3 rings (SSSR count). The first-order chi connectivity index (χ1) is 12.5. The third-order valence-electron chi connectivity index (χ3n) is 4.61. The molecule has 0 aromatic heterocycles. The monoisotopic (exact) mass is 450 g/mol. The minimum atomic E-state index is -0.134. The molecule has 1 fully saturated rings. The van der Waals surface area contributed by atoms with Crippen molar-refractivity contribution < 1.29 is 26.4 Å². The molecule has 2 aromatic rings. The van der Waals surface area contributed by atoms with Crippen molar-refractivity contribution in [2.24, 2.45) is 0 Å². The summed E-state index contributed by atoms with van der Waals surface area (Å²) in [6, 6.07) is 15.9. The number of carbonyl (C=O) groups is 1. The maximum atomic E-state index is 12.1. The van der Waals surface area contributed by atoms with Crippen LogP contribution in [-0.4, -0.2) is 43.7 Å². The van der Waals surface area contributed by atoms with Crippen LogP contribution in [-0.2, 0) is 16.1 Å².